The molecule has 1 saturated heterocycles. The highest BCUT2D eigenvalue weighted by Gasteiger charge is 2.22. The summed E-state index contributed by atoms with van der Waals surface area (Å²) < 4.78 is 35.1. The van der Waals surface area contributed by atoms with Gasteiger partial charge in [0.1, 0.15) is 11.5 Å². The van der Waals surface area contributed by atoms with E-state index in [2.05, 4.69) is 44.3 Å². The summed E-state index contributed by atoms with van der Waals surface area (Å²) >= 11 is 0. The van der Waals surface area contributed by atoms with Crippen LogP contribution < -0.4 is 20.1 Å². The average Bonchev–Trinajstić information content (AvgIpc) is 2.67. The van der Waals surface area contributed by atoms with Gasteiger partial charge >= 0.3 is 6.61 Å². The molecule has 0 amide bonds. The van der Waals surface area contributed by atoms with Crippen molar-refractivity contribution < 1.29 is 18.3 Å². The van der Waals surface area contributed by atoms with Gasteiger partial charge in [-0.25, -0.2) is 4.99 Å². The van der Waals surface area contributed by atoms with Crippen molar-refractivity contribution >= 4 is 29.9 Å². The van der Waals surface area contributed by atoms with E-state index in [4.69, 9.17) is 4.74 Å². The minimum atomic E-state index is -2.89. The van der Waals surface area contributed by atoms with Crippen molar-refractivity contribution in [3.8, 4) is 11.5 Å². The summed E-state index contributed by atoms with van der Waals surface area (Å²) in [5, 5.41) is 6.54. The second-order valence-corrected chi connectivity index (χ2v) is 6.82. The van der Waals surface area contributed by atoms with Crippen LogP contribution in [-0.2, 0) is 6.54 Å². The molecule has 29 heavy (non-hydrogen) atoms. The van der Waals surface area contributed by atoms with E-state index in [-0.39, 0.29) is 36.3 Å². The fraction of sp³-hybridized carbons (Fsp3) is 0.632. The zero-order valence-corrected chi connectivity index (χ0v) is 19.8. The Hall–Kier alpha value is -1.40. The lowest BCUT2D eigenvalue weighted by molar-refractivity contribution is -0.0504. The van der Waals surface area contributed by atoms with E-state index < -0.39 is 6.61 Å². The number of halogens is 3. The third-order valence-electron chi connectivity index (χ3n) is 4.72. The van der Waals surface area contributed by atoms with Crippen LogP contribution in [-0.4, -0.2) is 82.3 Å². The van der Waals surface area contributed by atoms with Crippen LogP contribution in [0.3, 0.4) is 0 Å². The molecule has 7 nitrogen and oxygen atoms in total. The zero-order chi connectivity index (χ0) is 20.5. The summed E-state index contributed by atoms with van der Waals surface area (Å²) in [6.45, 7) is 3.78. The number of alkyl halides is 2. The van der Waals surface area contributed by atoms with Crippen LogP contribution in [0.4, 0.5) is 8.78 Å². The molecule has 10 heteroatoms. The minimum Gasteiger partial charge on any atom is -0.497 e. The molecule has 0 saturated carbocycles. The number of nitrogens with one attached hydrogen (secondary N) is 2. The van der Waals surface area contributed by atoms with Gasteiger partial charge in [0.2, 0.25) is 0 Å². The molecule has 1 aromatic carbocycles. The topological polar surface area (TPSA) is 61.4 Å². The van der Waals surface area contributed by atoms with Crippen molar-refractivity contribution in [1.29, 1.82) is 0 Å². The van der Waals surface area contributed by atoms with Crippen LogP contribution in [0.2, 0.25) is 0 Å². The number of nitrogens with zero attached hydrogens (tertiary/aromatic N) is 3. The zero-order valence-electron chi connectivity index (χ0n) is 17.5. The number of guanidine groups is 1. The summed E-state index contributed by atoms with van der Waals surface area (Å²) in [5.74, 6) is 1.30. The summed E-state index contributed by atoms with van der Waals surface area (Å²) in [6.07, 6.45) is 0. The SMILES string of the molecule is CCNC(=NCc1cc(OC)ccc1OC(F)F)NCC1CN(C)CCN1C.I. The van der Waals surface area contributed by atoms with E-state index >= 15 is 0 Å². The molecule has 0 aromatic heterocycles. The van der Waals surface area contributed by atoms with Crippen molar-refractivity contribution in [2.24, 2.45) is 4.99 Å². The maximum atomic E-state index is 12.7. The molecule has 1 aliphatic rings. The molecule has 0 bridgehead atoms. The van der Waals surface area contributed by atoms with E-state index in [0.717, 1.165) is 26.2 Å². The molecule has 1 atom stereocenters. The highest BCUT2D eigenvalue weighted by molar-refractivity contribution is 14.0. The monoisotopic (exact) mass is 527 g/mol. The third-order valence-corrected chi connectivity index (χ3v) is 4.72. The summed E-state index contributed by atoms with van der Waals surface area (Å²) in [4.78, 5) is 9.17. The predicted octanol–water partition coefficient (Wildman–Crippen LogP) is 2.22. The molecule has 0 spiro atoms. The molecule has 1 aromatic rings. The lowest BCUT2D eigenvalue weighted by atomic mass is 10.2. The first-order chi connectivity index (χ1) is 13.4. The molecule has 1 unspecified atom stereocenters. The molecule has 2 rings (SSSR count). The van der Waals surface area contributed by atoms with Gasteiger partial charge in [0.15, 0.2) is 5.96 Å². The van der Waals surface area contributed by atoms with Gasteiger partial charge in [-0.05, 0) is 39.2 Å². The Labute approximate surface area is 188 Å². The molecular weight excluding hydrogens is 495 g/mol. The molecule has 1 fully saturated rings. The molecular formula is C19H32F2IN5O2. The first-order valence-electron chi connectivity index (χ1n) is 9.45. The van der Waals surface area contributed by atoms with Crippen molar-refractivity contribution in [1.82, 2.24) is 20.4 Å². The van der Waals surface area contributed by atoms with Crippen LogP contribution in [0.25, 0.3) is 0 Å². The van der Waals surface area contributed by atoms with Gasteiger partial charge in [-0.15, -0.1) is 24.0 Å². The van der Waals surface area contributed by atoms with E-state index in [1.807, 2.05) is 6.92 Å². The molecule has 166 valence electrons. The third kappa shape index (κ3) is 8.47. The van der Waals surface area contributed by atoms with Crippen LogP contribution in [0.15, 0.2) is 23.2 Å². The number of likely N-dealkylation sites (N-methyl/N-ethyl adjacent to an activating group) is 2. The largest absolute Gasteiger partial charge is 0.497 e. The maximum Gasteiger partial charge on any atom is 0.387 e. The number of hydrogen-bond donors (Lipinski definition) is 2. The van der Waals surface area contributed by atoms with Gasteiger partial charge in [0.25, 0.3) is 0 Å². The van der Waals surface area contributed by atoms with E-state index in [1.54, 1.807) is 12.1 Å². The van der Waals surface area contributed by atoms with Crippen LogP contribution >= 0.6 is 24.0 Å². The maximum absolute atomic E-state index is 12.7. The average molecular weight is 527 g/mol. The van der Waals surface area contributed by atoms with Gasteiger partial charge < -0.3 is 25.0 Å². The fourth-order valence-corrected chi connectivity index (χ4v) is 3.06. The number of benzene rings is 1. The Bertz CT molecular complexity index is 651. The minimum absolute atomic E-state index is 0. The predicted molar refractivity (Wildman–Crippen MR) is 122 cm³/mol. The number of rotatable bonds is 8. The second kappa shape index (κ2) is 13.0. The summed E-state index contributed by atoms with van der Waals surface area (Å²) in [5.41, 5.74) is 0.534. The Kier molecular flexibility index (Phi) is 11.5. The van der Waals surface area contributed by atoms with Crippen molar-refractivity contribution in [2.75, 3.05) is 53.9 Å². The highest BCUT2D eigenvalue weighted by atomic mass is 127. The van der Waals surface area contributed by atoms with Gasteiger partial charge in [-0.2, -0.15) is 8.78 Å². The first kappa shape index (κ1) is 25.6. The van der Waals surface area contributed by atoms with E-state index in [0.29, 0.717) is 29.9 Å². The lowest BCUT2D eigenvalue weighted by Crippen LogP contribution is -2.55. The molecule has 1 aliphatic heterocycles. The van der Waals surface area contributed by atoms with E-state index in [9.17, 15) is 8.78 Å². The molecule has 0 radical (unpaired) electrons. The smallest absolute Gasteiger partial charge is 0.387 e. The first-order valence-corrected chi connectivity index (χ1v) is 9.45. The fourth-order valence-electron chi connectivity index (χ4n) is 3.06. The van der Waals surface area contributed by atoms with Crippen molar-refractivity contribution in [3.63, 3.8) is 0 Å². The van der Waals surface area contributed by atoms with Crippen LogP contribution in [0.1, 0.15) is 12.5 Å². The van der Waals surface area contributed by atoms with Crippen molar-refractivity contribution in [3.05, 3.63) is 23.8 Å². The van der Waals surface area contributed by atoms with Gasteiger partial charge in [0, 0.05) is 44.3 Å². The summed E-state index contributed by atoms with van der Waals surface area (Å²) in [7, 11) is 5.76. The quantitative estimate of drug-likeness (QED) is 0.307. The number of hydrogen-bond acceptors (Lipinski definition) is 5. The Morgan fingerprint density at radius 3 is 2.69 bits per heavy atom. The number of piperazine rings is 1. The lowest BCUT2D eigenvalue weighted by Gasteiger charge is -2.37. The Morgan fingerprint density at radius 1 is 1.28 bits per heavy atom. The number of ether oxygens (including phenoxy) is 2. The number of methoxy groups -OCH3 is 1. The van der Waals surface area contributed by atoms with Gasteiger partial charge in [-0.1, -0.05) is 0 Å². The molecule has 2 N–H and O–H groups in total. The highest BCUT2D eigenvalue weighted by Crippen LogP contribution is 2.26. The normalized spacial score (nSPS) is 18.3. The van der Waals surface area contributed by atoms with E-state index in [1.165, 1.54) is 13.2 Å². The Balaban J connectivity index is 0.00000420. The summed E-state index contributed by atoms with van der Waals surface area (Å²) in [6, 6.07) is 5.10. The molecule has 1 heterocycles. The van der Waals surface area contributed by atoms with Gasteiger partial charge in [0.05, 0.1) is 13.7 Å². The van der Waals surface area contributed by atoms with Crippen LogP contribution in [0, 0.1) is 0 Å². The van der Waals surface area contributed by atoms with Crippen molar-refractivity contribution in [2.45, 2.75) is 26.1 Å². The van der Waals surface area contributed by atoms with Crippen LogP contribution in [0.5, 0.6) is 11.5 Å². The van der Waals surface area contributed by atoms with Gasteiger partial charge in [-0.3, -0.25) is 4.90 Å². The Morgan fingerprint density at radius 2 is 2.03 bits per heavy atom. The second-order valence-electron chi connectivity index (χ2n) is 6.82. The number of aliphatic imine (C=N–C) groups is 1. The molecule has 0 aliphatic carbocycles. The standard InChI is InChI=1S/C19H31F2N5O2.HI/c1-5-22-19(24-12-15-13-25(2)8-9-26(15)3)23-11-14-10-16(27-4)6-7-17(14)28-18(20)21;/h6-7,10,15,18H,5,8-9,11-13H2,1-4H3,(H2,22,23,24);1H.